The Labute approximate surface area is 225 Å². The van der Waals surface area contributed by atoms with Gasteiger partial charge in [-0.2, -0.15) is 13.2 Å². The number of fused-ring (bicyclic) bond motifs is 1. The Morgan fingerprint density at radius 1 is 0.872 bits per heavy atom. The van der Waals surface area contributed by atoms with Crippen molar-refractivity contribution in [1.82, 2.24) is 4.98 Å². The quantitative estimate of drug-likeness (QED) is 0.216. The van der Waals surface area contributed by atoms with Gasteiger partial charge in [-0.3, -0.25) is 9.78 Å². The minimum atomic E-state index is -4.58. The summed E-state index contributed by atoms with van der Waals surface area (Å²) in [5.74, 6) is 0.144. The van der Waals surface area contributed by atoms with E-state index in [-0.39, 0.29) is 22.2 Å². The fraction of sp³-hybridized carbons (Fsp3) is 0.152. The Balaban J connectivity index is 1.59. The van der Waals surface area contributed by atoms with Crippen molar-refractivity contribution < 1.29 is 18.0 Å². The maximum absolute atomic E-state index is 13.9. The molecule has 1 aromatic heterocycles. The number of carbonyl (C=O) groups excluding carboxylic acids is 1. The third-order valence-electron chi connectivity index (χ3n) is 6.78. The molecule has 0 spiro atoms. The summed E-state index contributed by atoms with van der Waals surface area (Å²) in [6.45, 7) is 4.87. The molecular weight excluding hydrogens is 497 g/mol. The molecule has 0 aliphatic carbocycles. The van der Waals surface area contributed by atoms with Crippen molar-refractivity contribution in [3.63, 3.8) is 0 Å². The number of hydrogen-bond acceptors (Lipinski definition) is 3. The summed E-state index contributed by atoms with van der Waals surface area (Å²) in [4.78, 5) is 17.7. The standard InChI is InChI=1S/C33H27F3N2O/c1-21(2)23-16-14-22(15-17-23)19-37-26-11-6-10-25(18-26)30-27-12-7-13-29(33(34,35)36)31(27)38-20-28(30)32(39)24-8-4-3-5-9-24/h3-18,20-21,37H,19H2,1-2H3. The third-order valence-corrected chi connectivity index (χ3v) is 6.78. The molecule has 0 radical (unpaired) electrons. The maximum Gasteiger partial charge on any atom is 0.418 e. The van der Waals surface area contributed by atoms with Crippen molar-refractivity contribution >= 4 is 22.4 Å². The van der Waals surface area contributed by atoms with Gasteiger partial charge >= 0.3 is 6.18 Å². The van der Waals surface area contributed by atoms with Crippen molar-refractivity contribution in [2.24, 2.45) is 0 Å². The van der Waals surface area contributed by atoms with Crippen LogP contribution in [0.5, 0.6) is 0 Å². The molecule has 1 N–H and O–H groups in total. The van der Waals surface area contributed by atoms with Crippen molar-refractivity contribution in [3.8, 4) is 11.1 Å². The van der Waals surface area contributed by atoms with E-state index in [1.165, 1.54) is 17.8 Å². The van der Waals surface area contributed by atoms with Gasteiger partial charge in [0.15, 0.2) is 5.78 Å². The topological polar surface area (TPSA) is 42.0 Å². The van der Waals surface area contributed by atoms with E-state index in [0.29, 0.717) is 29.2 Å². The summed E-state index contributed by atoms with van der Waals surface area (Å²) in [6, 6.07) is 28.4. The molecule has 0 bridgehead atoms. The minimum Gasteiger partial charge on any atom is -0.381 e. The Morgan fingerprint density at radius 2 is 1.59 bits per heavy atom. The van der Waals surface area contributed by atoms with Gasteiger partial charge in [0.2, 0.25) is 0 Å². The van der Waals surface area contributed by atoms with E-state index in [9.17, 15) is 18.0 Å². The maximum atomic E-state index is 13.9. The predicted molar refractivity (Wildman–Crippen MR) is 150 cm³/mol. The largest absolute Gasteiger partial charge is 0.418 e. The lowest BCUT2D eigenvalue weighted by Gasteiger charge is -2.17. The van der Waals surface area contributed by atoms with Crippen LogP contribution in [-0.4, -0.2) is 10.8 Å². The van der Waals surface area contributed by atoms with Crippen LogP contribution in [-0.2, 0) is 12.7 Å². The molecule has 39 heavy (non-hydrogen) atoms. The molecule has 0 atom stereocenters. The number of ketones is 1. The van der Waals surface area contributed by atoms with Gasteiger partial charge in [-0.05, 0) is 40.8 Å². The van der Waals surface area contributed by atoms with Crippen LogP contribution in [0.1, 0.15) is 52.4 Å². The zero-order valence-corrected chi connectivity index (χ0v) is 21.6. The highest BCUT2D eigenvalue weighted by Gasteiger charge is 2.34. The van der Waals surface area contributed by atoms with E-state index in [1.54, 1.807) is 42.5 Å². The summed E-state index contributed by atoms with van der Waals surface area (Å²) in [5.41, 5.74) is 3.86. The molecule has 0 unspecified atom stereocenters. The molecule has 0 saturated carbocycles. The van der Waals surface area contributed by atoms with Crippen LogP contribution in [0.4, 0.5) is 18.9 Å². The number of rotatable bonds is 7. The molecule has 5 rings (SSSR count). The summed E-state index contributed by atoms with van der Waals surface area (Å²) < 4.78 is 41.6. The monoisotopic (exact) mass is 524 g/mol. The summed E-state index contributed by atoms with van der Waals surface area (Å²) in [6.07, 6.45) is -3.32. The second-order valence-electron chi connectivity index (χ2n) is 9.77. The van der Waals surface area contributed by atoms with Gasteiger partial charge < -0.3 is 5.32 Å². The summed E-state index contributed by atoms with van der Waals surface area (Å²) >= 11 is 0. The van der Waals surface area contributed by atoms with Crippen LogP contribution in [0.2, 0.25) is 0 Å². The Morgan fingerprint density at radius 3 is 2.28 bits per heavy atom. The first kappa shape index (κ1) is 26.2. The van der Waals surface area contributed by atoms with Crippen LogP contribution in [0.25, 0.3) is 22.0 Å². The number of nitrogens with one attached hydrogen (secondary N) is 1. The van der Waals surface area contributed by atoms with Crippen LogP contribution in [0.3, 0.4) is 0 Å². The summed E-state index contributed by atoms with van der Waals surface area (Å²) in [5, 5.41) is 3.67. The lowest BCUT2D eigenvalue weighted by molar-refractivity contribution is -0.136. The molecule has 0 aliphatic rings. The first-order chi connectivity index (χ1) is 18.7. The fourth-order valence-electron chi connectivity index (χ4n) is 4.69. The lowest BCUT2D eigenvalue weighted by Crippen LogP contribution is -2.09. The van der Waals surface area contributed by atoms with Crippen LogP contribution >= 0.6 is 0 Å². The molecule has 5 aromatic rings. The number of hydrogen-bond donors (Lipinski definition) is 1. The number of para-hydroxylation sites is 1. The lowest BCUT2D eigenvalue weighted by atomic mass is 9.91. The Bertz CT molecular complexity index is 1630. The van der Waals surface area contributed by atoms with Crippen molar-refractivity contribution in [3.05, 3.63) is 131 Å². The highest BCUT2D eigenvalue weighted by Crippen LogP contribution is 2.39. The van der Waals surface area contributed by atoms with Gasteiger partial charge in [-0.25, -0.2) is 0 Å². The van der Waals surface area contributed by atoms with Gasteiger partial charge in [0, 0.05) is 40.5 Å². The molecule has 0 saturated heterocycles. The number of aromatic nitrogens is 1. The predicted octanol–water partition coefficient (Wildman–Crippen LogP) is 8.89. The molecule has 0 fully saturated rings. The van der Waals surface area contributed by atoms with E-state index in [2.05, 4.69) is 48.4 Å². The molecule has 6 heteroatoms. The van der Waals surface area contributed by atoms with Gasteiger partial charge in [-0.1, -0.05) is 92.7 Å². The zero-order chi connectivity index (χ0) is 27.6. The molecule has 0 amide bonds. The van der Waals surface area contributed by atoms with E-state index in [0.717, 1.165) is 17.3 Å². The Kier molecular flexibility index (Phi) is 7.20. The first-order valence-corrected chi connectivity index (χ1v) is 12.7. The smallest absolute Gasteiger partial charge is 0.381 e. The minimum absolute atomic E-state index is 0.187. The molecule has 3 nitrogen and oxygen atoms in total. The van der Waals surface area contributed by atoms with Gasteiger partial charge in [0.05, 0.1) is 11.1 Å². The molecule has 4 aromatic carbocycles. The second-order valence-corrected chi connectivity index (χ2v) is 9.77. The number of alkyl halides is 3. The van der Waals surface area contributed by atoms with Crippen molar-refractivity contribution in [2.75, 3.05) is 5.32 Å². The molecule has 196 valence electrons. The molecular formula is C33H27F3N2O. The van der Waals surface area contributed by atoms with Crippen molar-refractivity contribution in [2.45, 2.75) is 32.5 Å². The Hall–Kier alpha value is -4.45. The van der Waals surface area contributed by atoms with E-state index >= 15 is 0 Å². The van der Waals surface area contributed by atoms with E-state index in [1.807, 2.05) is 18.2 Å². The highest BCUT2D eigenvalue weighted by atomic mass is 19.4. The average molecular weight is 525 g/mol. The zero-order valence-electron chi connectivity index (χ0n) is 21.6. The number of pyridine rings is 1. The number of nitrogens with zero attached hydrogens (tertiary/aromatic N) is 1. The third kappa shape index (κ3) is 5.55. The van der Waals surface area contributed by atoms with Crippen LogP contribution < -0.4 is 5.32 Å². The van der Waals surface area contributed by atoms with Gasteiger partial charge in [0.1, 0.15) is 0 Å². The highest BCUT2D eigenvalue weighted by molar-refractivity contribution is 6.16. The first-order valence-electron chi connectivity index (χ1n) is 12.7. The number of halogens is 3. The number of benzene rings is 4. The normalized spacial score (nSPS) is 11.6. The van der Waals surface area contributed by atoms with Crippen LogP contribution in [0, 0.1) is 0 Å². The summed E-state index contributed by atoms with van der Waals surface area (Å²) in [7, 11) is 0. The SMILES string of the molecule is CC(C)c1ccc(CNc2cccc(-c3c(C(=O)c4ccccc4)cnc4c(C(F)(F)F)cccc34)c2)cc1. The second kappa shape index (κ2) is 10.7. The fourth-order valence-corrected chi connectivity index (χ4v) is 4.69. The molecule has 1 heterocycles. The average Bonchev–Trinajstić information content (AvgIpc) is 2.95. The van der Waals surface area contributed by atoms with E-state index < -0.39 is 11.7 Å². The van der Waals surface area contributed by atoms with Crippen molar-refractivity contribution in [1.29, 1.82) is 0 Å². The number of carbonyl (C=O) groups is 1. The van der Waals surface area contributed by atoms with Crippen LogP contribution in [0.15, 0.2) is 103 Å². The number of anilines is 1. The van der Waals surface area contributed by atoms with Gasteiger partial charge in [0.25, 0.3) is 0 Å². The van der Waals surface area contributed by atoms with E-state index in [4.69, 9.17) is 0 Å². The molecule has 0 aliphatic heterocycles. The van der Waals surface area contributed by atoms with Gasteiger partial charge in [-0.15, -0.1) is 0 Å².